The predicted molar refractivity (Wildman–Crippen MR) is 122 cm³/mol. The van der Waals surface area contributed by atoms with Crippen LogP contribution in [0.25, 0.3) is 0 Å². The molecule has 33 heavy (non-hydrogen) atoms. The summed E-state index contributed by atoms with van der Waals surface area (Å²) in [5.74, 6) is -2.32. The third-order valence-corrected chi connectivity index (χ3v) is 4.32. The minimum Gasteiger partial charge on any atom is -0.379 e. The first-order chi connectivity index (χ1) is 16.0. The predicted octanol–water partition coefficient (Wildman–Crippen LogP) is -1.54. The lowest BCUT2D eigenvalue weighted by Gasteiger charge is -2.18. The second-order valence-electron chi connectivity index (χ2n) is 7.08. The van der Waals surface area contributed by atoms with E-state index in [4.69, 9.17) is 15.2 Å². The third kappa shape index (κ3) is 13.4. The number of nitrogens with one attached hydrogen (secondary N) is 4. The van der Waals surface area contributed by atoms with Crippen LogP contribution in [0.5, 0.6) is 0 Å². The maximum atomic E-state index is 12.6. The molecule has 0 unspecified atom stereocenters. The van der Waals surface area contributed by atoms with E-state index in [1.165, 1.54) is 0 Å². The largest absolute Gasteiger partial charge is 0.379 e. The van der Waals surface area contributed by atoms with Crippen molar-refractivity contribution in [1.29, 1.82) is 0 Å². The van der Waals surface area contributed by atoms with Crippen molar-refractivity contribution in [2.24, 2.45) is 5.73 Å². The Kier molecular flexibility index (Phi) is 15.3. The van der Waals surface area contributed by atoms with Gasteiger partial charge in [0.2, 0.25) is 23.4 Å². The molecule has 0 aromatic heterocycles. The Hall–Kier alpha value is -2.70. The van der Waals surface area contributed by atoms with Crippen LogP contribution in [-0.2, 0) is 35.1 Å². The molecule has 0 fully saturated rings. The van der Waals surface area contributed by atoms with Gasteiger partial charge in [-0.05, 0) is 18.4 Å². The lowest BCUT2D eigenvalue weighted by Crippen LogP contribution is -2.53. The number of benzene rings is 1. The number of amides is 2. The van der Waals surface area contributed by atoms with Crippen LogP contribution in [0.4, 0.5) is 0 Å². The summed E-state index contributed by atoms with van der Waals surface area (Å²) in [6.45, 7) is 3.55. The van der Waals surface area contributed by atoms with E-state index in [0.717, 1.165) is 12.0 Å². The zero-order chi connectivity index (χ0) is 24.3. The zero-order valence-corrected chi connectivity index (χ0v) is 19.1. The van der Waals surface area contributed by atoms with E-state index < -0.39 is 30.1 Å². The van der Waals surface area contributed by atoms with Crippen molar-refractivity contribution in [3.8, 4) is 0 Å². The fourth-order valence-electron chi connectivity index (χ4n) is 2.64. The van der Waals surface area contributed by atoms with Crippen LogP contribution in [0, 0.1) is 0 Å². The van der Waals surface area contributed by atoms with Gasteiger partial charge in [-0.2, -0.15) is 0 Å². The summed E-state index contributed by atoms with van der Waals surface area (Å²) >= 11 is 0. The molecular weight excluding hydrogens is 430 g/mol. The van der Waals surface area contributed by atoms with E-state index >= 15 is 0 Å². The Bertz CT molecular complexity index is 731. The van der Waals surface area contributed by atoms with Crippen LogP contribution in [0.2, 0.25) is 0 Å². The SMILES string of the molecule is CCCOCCOCCNC(=O)CNN[C@@H](Cc1ccccc1)C(=O)C(=O)CNC(=O)CN. The molecule has 0 saturated carbocycles. The molecule has 6 N–H and O–H groups in total. The van der Waals surface area contributed by atoms with Gasteiger partial charge >= 0.3 is 0 Å². The number of carbonyl (C=O) groups excluding carboxylic acids is 4. The highest BCUT2D eigenvalue weighted by Crippen LogP contribution is 2.04. The minimum absolute atomic E-state index is 0.115. The normalized spacial score (nSPS) is 11.6. The molecule has 11 nitrogen and oxygen atoms in total. The summed E-state index contributed by atoms with van der Waals surface area (Å²) in [4.78, 5) is 48.0. The number of ether oxygens (including phenoxy) is 2. The highest BCUT2D eigenvalue weighted by molar-refractivity contribution is 6.40. The summed E-state index contributed by atoms with van der Waals surface area (Å²) < 4.78 is 10.6. The lowest BCUT2D eigenvalue weighted by molar-refractivity contribution is -0.138. The molecule has 0 aliphatic rings. The maximum Gasteiger partial charge on any atom is 0.235 e. The highest BCUT2D eigenvalue weighted by atomic mass is 16.5. The summed E-state index contributed by atoms with van der Waals surface area (Å²) in [6, 6.07) is 8.20. The lowest BCUT2D eigenvalue weighted by atomic mass is 10.0. The topological polar surface area (TPSA) is 161 Å². The van der Waals surface area contributed by atoms with E-state index in [9.17, 15) is 19.2 Å². The molecule has 0 aliphatic carbocycles. The second kappa shape index (κ2) is 17.8. The maximum absolute atomic E-state index is 12.6. The number of hydrazine groups is 1. The average molecular weight is 466 g/mol. The fraction of sp³-hybridized carbons (Fsp3) is 0.545. The van der Waals surface area contributed by atoms with Gasteiger partial charge in [0.25, 0.3) is 0 Å². The molecule has 0 bridgehead atoms. The van der Waals surface area contributed by atoms with Crippen LogP contribution >= 0.6 is 0 Å². The van der Waals surface area contributed by atoms with Gasteiger partial charge < -0.3 is 25.8 Å². The Balaban J connectivity index is 2.42. The van der Waals surface area contributed by atoms with Gasteiger partial charge in [0, 0.05) is 13.2 Å². The molecule has 0 saturated heterocycles. The molecule has 1 aromatic carbocycles. The van der Waals surface area contributed by atoms with Gasteiger partial charge in [-0.15, -0.1) is 0 Å². The molecule has 2 amide bonds. The Morgan fingerprint density at radius 1 is 0.909 bits per heavy atom. The van der Waals surface area contributed by atoms with Gasteiger partial charge in [-0.3, -0.25) is 19.2 Å². The minimum atomic E-state index is -0.922. The average Bonchev–Trinajstić information content (AvgIpc) is 2.83. The Labute approximate surface area is 194 Å². The van der Waals surface area contributed by atoms with Gasteiger partial charge in [0.15, 0.2) is 0 Å². The van der Waals surface area contributed by atoms with Crippen LogP contribution in [0.3, 0.4) is 0 Å². The number of rotatable bonds is 19. The van der Waals surface area contributed by atoms with Crippen molar-refractivity contribution in [1.82, 2.24) is 21.5 Å². The number of carbonyl (C=O) groups is 4. The van der Waals surface area contributed by atoms with Crippen LogP contribution in [0.15, 0.2) is 30.3 Å². The number of ketones is 2. The summed E-state index contributed by atoms with van der Waals surface area (Å²) in [5, 5.41) is 4.97. The fourth-order valence-corrected chi connectivity index (χ4v) is 2.64. The molecule has 0 aliphatic heterocycles. The number of Topliss-reactive ketones (excluding diaryl/α,β-unsaturated/α-hetero) is 2. The first-order valence-corrected chi connectivity index (χ1v) is 11.0. The third-order valence-electron chi connectivity index (χ3n) is 4.32. The molecule has 0 radical (unpaired) electrons. The molecular formula is C22H35N5O6. The van der Waals surface area contributed by atoms with E-state index in [1.807, 2.05) is 37.3 Å². The van der Waals surface area contributed by atoms with Crippen molar-refractivity contribution in [2.75, 3.05) is 52.6 Å². The molecule has 0 spiro atoms. The van der Waals surface area contributed by atoms with Gasteiger partial charge in [0.1, 0.15) is 0 Å². The van der Waals surface area contributed by atoms with Crippen LogP contribution in [-0.4, -0.2) is 82.0 Å². The number of hydrogen-bond donors (Lipinski definition) is 5. The van der Waals surface area contributed by atoms with Crippen LogP contribution < -0.4 is 27.2 Å². The highest BCUT2D eigenvalue weighted by Gasteiger charge is 2.25. The standard InChI is InChI=1S/C22H35N5O6/c1-2-9-32-11-12-33-10-8-24-21(30)16-26-27-18(13-17-6-4-3-5-7-17)22(31)19(28)15-25-20(29)14-23/h3-7,18,26-27H,2,8-16,23H2,1H3,(H,24,30)(H,25,29)/t18-/m0/s1. The van der Waals surface area contributed by atoms with E-state index in [2.05, 4.69) is 21.5 Å². The Morgan fingerprint density at radius 2 is 1.61 bits per heavy atom. The second-order valence-corrected chi connectivity index (χ2v) is 7.08. The molecule has 11 heteroatoms. The van der Waals surface area contributed by atoms with Gasteiger partial charge in [-0.25, -0.2) is 10.9 Å². The Morgan fingerprint density at radius 3 is 2.27 bits per heavy atom. The van der Waals surface area contributed by atoms with Crippen molar-refractivity contribution >= 4 is 23.4 Å². The van der Waals surface area contributed by atoms with Crippen molar-refractivity contribution in [3.05, 3.63) is 35.9 Å². The van der Waals surface area contributed by atoms with E-state index in [-0.39, 0.29) is 25.4 Å². The summed E-state index contributed by atoms with van der Waals surface area (Å²) in [5.41, 5.74) is 11.4. The van der Waals surface area contributed by atoms with Gasteiger partial charge in [0.05, 0.1) is 45.5 Å². The number of nitrogens with two attached hydrogens (primary N) is 1. The monoisotopic (exact) mass is 465 g/mol. The van der Waals surface area contributed by atoms with Gasteiger partial charge in [-0.1, -0.05) is 37.3 Å². The molecule has 1 atom stereocenters. The van der Waals surface area contributed by atoms with Crippen molar-refractivity contribution in [3.63, 3.8) is 0 Å². The summed E-state index contributed by atoms with van der Waals surface area (Å²) in [7, 11) is 0. The molecule has 1 rings (SSSR count). The van der Waals surface area contributed by atoms with E-state index in [1.54, 1.807) is 0 Å². The first-order valence-electron chi connectivity index (χ1n) is 11.0. The smallest absolute Gasteiger partial charge is 0.235 e. The molecule has 184 valence electrons. The quantitative estimate of drug-likeness (QED) is 0.0927. The zero-order valence-electron chi connectivity index (χ0n) is 19.1. The van der Waals surface area contributed by atoms with Crippen molar-refractivity contribution in [2.45, 2.75) is 25.8 Å². The molecule has 1 aromatic rings. The van der Waals surface area contributed by atoms with Crippen LogP contribution in [0.1, 0.15) is 18.9 Å². The molecule has 0 heterocycles. The first kappa shape index (κ1) is 28.3. The van der Waals surface area contributed by atoms with E-state index in [0.29, 0.717) is 33.0 Å². The van der Waals surface area contributed by atoms with Crippen molar-refractivity contribution < 1.29 is 28.7 Å². The summed E-state index contributed by atoms with van der Waals surface area (Å²) in [6.07, 6.45) is 1.17. The number of hydrogen-bond acceptors (Lipinski definition) is 9.